The SMILES string of the molecule is CCCCOCCNCc1nc(C(C)(C)C)cs1. The number of nitrogens with one attached hydrogen (secondary N) is 1. The Morgan fingerprint density at radius 2 is 2.11 bits per heavy atom. The lowest BCUT2D eigenvalue weighted by Crippen LogP contribution is -2.19. The van der Waals surface area contributed by atoms with Gasteiger partial charge in [-0.3, -0.25) is 0 Å². The van der Waals surface area contributed by atoms with Gasteiger partial charge in [0.15, 0.2) is 0 Å². The molecule has 1 aromatic heterocycles. The largest absolute Gasteiger partial charge is 0.380 e. The van der Waals surface area contributed by atoms with Crippen molar-refractivity contribution in [3.63, 3.8) is 0 Å². The summed E-state index contributed by atoms with van der Waals surface area (Å²) in [4.78, 5) is 4.64. The third-order valence-electron chi connectivity index (χ3n) is 2.66. The molecular weight excluding hydrogens is 244 g/mol. The Bertz CT molecular complexity index is 331. The van der Waals surface area contributed by atoms with E-state index in [0.717, 1.165) is 37.7 Å². The Hall–Kier alpha value is -0.450. The summed E-state index contributed by atoms with van der Waals surface area (Å²) in [5.74, 6) is 0. The maximum absolute atomic E-state index is 5.49. The second kappa shape index (κ2) is 7.87. The van der Waals surface area contributed by atoms with Gasteiger partial charge in [-0.05, 0) is 6.42 Å². The number of aromatic nitrogens is 1. The summed E-state index contributed by atoms with van der Waals surface area (Å²) in [5.41, 5.74) is 1.33. The predicted octanol–water partition coefficient (Wildman–Crippen LogP) is 3.35. The maximum atomic E-state index is 5.49. The summed E-state index contributed by atoms with van der Waals surface area (Å²) >= 11 is 1.73. The fraction of sp³-hybridized carbons (Fsp3) is 0.786. The van der Waals surface area contributed by atoms with E-state index in [-0.39, 0.29) is 5.41 Å². The first-order chi connectivity index (χ1) is 8.54. The molecule has 0 bridgehead atoms. The fourth-order valence-electron chi connectivity index (χ4n) is 1.42. The van der Waals surface area contributed by atoms with Gasteiger partial charge in [-0.2, -0.15) is 0 Å². The highest BCUT2D eigenvalue weighted by Crippen LogP contribution is 2.23. The van der Waals surface area contributed by atoms with Gasteiger partial charge >= 0.3 is 0 Å². The first-order valence-corrected chi connectivity index (χ1v) is 7.65. The molecule has 0 aliphatic carbocycles. The van der Waals surface area contributed by atoms with Crippen molar-refractivity contribution in [3.05, 3.63) is 16.1 Å². The molecule has 0 aliphatic rings. The van der Waals surface area contributed by atoms with E-state index in [1.165, 1.54) is 12.1 Å². The van der Waals surface area contributed by atoms with Gasteiger partial charge in [0.25, 0.3) is 0 Å². The molecule has 0 saturated heterocycles. The molecule has 1 N–H and O–H groups in total. The Labute approximate surface area is 115 Å². The van der Waals surface area contributed by atoms with Gasteiger partial charge in [-0.25, -0.2) is 4.98 Å². The van der Waals surface area contributed by atoms with E-state index in [1.807, 2.05) is 0 Å². The molecule has 0 aromatic carbocycles. The van der Waals surface area contributed by atoms with Crippen LogP contribution in [0.25, 0.3) is 0 Å². The monoisotopic (exact) mass is 270 g/mol. The second-order valence-electron chi connectivity index (χ2n) is 5.52. The van der Waals surface area contributed by atoms with E-state index in [0.29, 0.717) is 0 Å². The van der Waals surface area contributed by atoms with Gasteiger partial charge in [0.2, 0.25) is 0 Å². The second-order valence-corrected chi connectivity index (χ2v) is 6.46. The van der Waals surface area contributed by atoms with Crippen LogP contribution < -0.4 is 5.32 Å². The average molecular weight is 270 g/mol. The van der Waals surface area contributed by atoms with Crippen molar-refractivity contribution in [2.75, 3.05) is 19.8 Å². The number of thiazole rings is 1. The van der Waals surface area contributed by atoms with Gasteiger partial charge in [-0.1, -0.05) is 34.1 Å². The summed E-state index contributed by atoms with van der Waals surface area (Å²) < 4.78 is 5.49. The normalized spacial score (nSPS) is 12.0. The van der Waals surface area contributed by atoms with Crippen molar-refractivity contribution in [2.45, 2.75) is 52.5 Å². The van der Waals surface area contributed by atoms with Crippen molar-refractivity contribution in [1.29, 1.82) is 0 Å². The molecular formula is C14H26N2OS. The number of nitrogens with zero attached hydrogens (tertiary/aromatic N) is 1. The van der Waals surface area contributed by atoms with E-state index in [9.17, 15) is 0 Å². The minimum Gasteiger partial charge on any atom is -0.380 e. The number of unbranched alkanes of at least 4 members (excludes halogenated alkanes) is 1. The van der Waals surface area contributed by atoms with Crippen LogP contribution in [0.4, 0.5) is 0 Å². The van der Waals surface area contributed by atoms with E-state index < -0.39 is 0 Å². The Kier molecular flexibility index (Phi) is 6.82. The van der Waals surface area contributed by atoms with E-state index in [4.69, 9.17) is 4.74 Å². The minimum atomic E-state index is 0.151. The van der Waals surface area contributed by atoms with Crippen molar-refractivity contribution in [1.82, 2.24) is 10.3 Å². The van der Waals surface area contributed by atoms with Crippen molar-refractivity contribution >= 4 is 11.3 Å². The van der Waals surface area contributed by atoms with Crippen molar-refractivity contribution in [2.24, 2.45) is 0 Å². The molecule has 1 aromatic rings. The average Bonchev–Trinajstić information content (AvgIpc) is 2.76. The van der Waals surface area contributed by atoms with Crippen molar-refractivity contribution in [3.8, 4) is 0 Å². The molecule has 0 spiro atoms. The minimum absolute atomic E-state index is 0.151. The summed E-state index contributed by atoms with van der Waals surface area (Å²) in [6.45, 7) is 12.2. The Morgan fingerprint density at radius 3 is 2.72 bits per heavy atom. The van der Waals surface area contributed by atoms with Crippen LogP contribution in [0.3, 0.4) is 0 Å². The lowest BCUT2D eigenvalue weighted by Gasteiger charge is -2.14. The number of rotatable bonds is 8. The zero-order chi connectivity index (χ0) is 13.4. The summed E-state index contributed by atoms with van der Waals surface area (Å²) in [6, 6.07) is 0. The highest BCUT2D eigenvalue weighted by molar-refractivity contribution is 7.09. The van der Waals surface area contributed by atoms with Gasteiger partial charge in [0.05, 0.1) is 12.3 Å². The topological polar surface area (TPSA) is 34.1 Å². The summed E-state index contributed by atoms with van der Waals surface area (Å²) in [6.07, 6.45) is 2.35. The molecule has 1 heterocycles. The van der Waals surface area contributed by atoms with Gasteiger partial charge in [0, 0.05) is 30.5 Å². The summed E-state index contributed by atoms with van der Waals surface area (Å²) in [7, 11) is 0. The first-order valence-electron chi connectivity index (χ1n) is 6.77. The predicted molar refractivity (Wildman–Crippen MR) is 78.2 cm³/mol. The van der Waals surface area contributed by atoms with Crippen molar-refractivity contribution < 1.29 is 4.74 Å². The van der Waals surface area contributed by atoms with E-state index in [2.05, 4.69) is 43.4 Å². The molecule has 0 saturated carbocycles. The molecule has 3 nitrogen and oxygen atoms in total. The van der Waals surface area contributed by atoms with Gasteiger partial charge in [0.1, 0.15) is 5.01 Å². The molecule has 0 fully saturated rings. The molecule has 104 valence electrons. The Morgan fingerprint density at radius 1 is 1.33 bits per heavy atom. The molecule has 0 unspecified atom stereocenters. The quantitative estimate of drug-likeness (QED) is 0.736. The fourth-order valence-corrected chi connectivity index (χ4v) is 2.42. The van der Waals surface area contributed by atoms with Crippen LogP contribution in [-0.2, 0) is 16.7 Å². The zero-order valence-corrected chi connectivity index (χ0v) is 12.9. The van der Waals surface area contributed by atoms with Crippen LogP contribution >= 0.6 is 11.3 Å². The highest BCUT2D eigenvalue weighted by atomic mass is 32.1. The number of hydrogen-bond acceptors (Lipinski definition) is 4. The third kappa shape index (κ3) is 5.94. The summed E-state index contributed by atoms with van der Waals surface area (Å²) in [5, 5.41) is 6.69. The van der Waals surface area contributed by atoms with E-state index in [1.54, 1.807) is 11.3 Å². The van der Waals surface area contributed by atoms with Gasteiger partial charge in [-0.15, -0.1) is 11.3 Å². The lowest BCUT2D eigenvalue weighted by molar-refractivity contribution is 0.133. The van der Waals surface area contributed by atoms with Crippen LogP contribution in [0.15, 0.2) is 5.38 Å². The lowest BCUT2D eigenvalue weighted by atomic mass is 9.93. The standard InChI is InChI=1S/C14H26N2OS/c1-5-6-8-17-9-7-15-10-13-16-12(11-18-13)14(2,3)4/h11,15H,5-10H2,1-4H3. The highest BCUT2D eigenvalue weighted by Gasteiger charge is 2.16. The van der Waals surface area contributed by atoms with E-state index >= 15 is 0 Å². The Balaban J connectivity index is 2.14. The smallest absolute Gasteiger partial charge is 0.107 e. The molecule has 0 radical (unpaired) electrons. The maximum Gasteiger partial charge on any atom is 0.107 e. The third-order valence-corrected chi connectivity index (χ3v) is 3.51. The van der Waals surface area contributed by atoms with Crippen LogP contribution in [0, 0.1) is 0 Å². The van der Waals surface area contributed by atoms with Crippen LogP contribution in [0.1, 0.15) is 51.2 Å². The molecule has 0 aliphatic heterocycles. The van der Waals surface area contributed by atoms with Crippen LogP contribution in [0.5, 0.6) is 0 Å². The van der Waals surface area contributed by atoms with Crippen LogP contribution in [0.2, 0.25) is 0 Å². The molecule has 4 heteroatoms. The molecule has 18 heavy (non-hydrogen) atoms. The molecule has 1 rings (SSSR count). The van der Waals surface area contributed by atoms with Crippen LogP contribution in [-0.4, -0.2) is 24.7 Å². The molecule has 0 atom stereocenters. The number of ether oxygens (including phenoxy) is 1. The number of hydrogen-bond donors (Lipinski definition) is 1. The molecule has 0 amide bonds. The zero-order valence-electron chi connectivity index (χ0n) is 12.1. The van der Waals surface area contributed by atoms with Gasteiger partial charge < -0.3 is 10.1 Å². The first kappa shape index (κ1) is 15.6.